The van der Waals surface area contributed by atoms with Gasteiger partial charge in [0.2, 0.25) is 0 Å². The van der Waals surface area contributed by atoms with Gasteiger partial charge in [0, 0.05) is 18.0 Å². The average molecular weight is 217 g/mol. The van der Waals surface area contributed by atoms with Crippen LogP contribution in [0, 0.1) is 0 Å². The Kier molecular flexibility index (Phi) is 2.22. The zero-order chi connectivity index (χ0) is 11.1. The highest BCUT2D eigenvalue weighted by Gasteiger charge is 2.44. The van der Waals surface area contributed by atoms with E-state index in [4.69, 9.17) is 0 Å². The van der Waals surface area contributed by atoms with Crippen molar-refractivity contribution in [1.29, 1.82) is 0 Å². The predicted molar refractivity (Wildman–Crippen MR) is 47.0 cm³/mol. The summed E-state index contributed by atoms with van der Waals surface area (Å²) in [4.78, 5) is 3.65. The summed E-state index contributed by atoms with van der Waals surface area (Å²) in [7, 11) is 0. The molecular weight excluding hydrogens is 207 g/mol. The van der Waals surface area contributed by atoms with Crippen LogP contribution in [0.15, 0.2) is 18.5 Å². The van der Waals surface area contributed by atoms with Gasteiger partial charge in [0.05, 0.1) is 11.2 Å². The van der Waals surface area contributed by atoms with E-state index in [-0.39, 0.29) is 5.56 Å². The molecule has 5 heteroatoms. The number of nitrogens with zero attached hydrogens (tertiary/aromatic N) is 1. The number of hydrogen-bond donors (Lipinski definition) is 1. The molecule has 1 N–H and O–H groups in total. The Morgan fingerprint density at radius 3 is 2.47 bits per heavy atom. The van der Waals surface area contributed by atoms with E-state index in [1.807, 2.05) is 0 Å². The van der Waals surface area contributed by atoms with Crippen molar-refractivity contribution in [3.63, 3.8) is 0 Å². The summed E-state index contributed by atoms with van der Waals surface area (Å²) in [5, 5.41) is 9.89. The average Bonchev–Trinajstić information content (AvgIpc) is 2.13. The maximum Gasteiger partial charge on any atom is 0.416 e. The van der Waals surface area contributed by atoms with Gasteiger partial charge in [-0.05, 0) is 25.3 Å². The summed E-state index contributed by atoms with van der Waals surface area (Å²) in [6.45, 7) is 0. The van der Waals surface area contributed by atoms with Crippen molar-refractivity contribution < 1.29 is 18.3 Å². The summed E-state index contributed by atoms with van der Waals surface area (Å²) < 4.78 is 37.8. The topological polar surface area (TPSA) is 33.1 Å². The van der Waals surface area contributed by atoms with Gasteiger partial charge in [0.15, 0.2) is 0 Å². The van der Waals surface area contributed by atoms with Gasteiger partial charge in [-0.2, -0.15) is 13.2 Å². The number of alkyl halides is 3. The lowest BCUT2D eigenvalue weighted by molar-refractivity contribution is -0.143. The molecule has 1 aromatic heterocycles. The van der Waals surface area contributed by atoms with Crippen molar-refractivity contribution in [2.75, 3.05) is 0 Å². The molecule has 1 aromatic rings. The predicted octanol–water partition coefficient (Wildman–Crippen LogP) is 2.47. The molecule has 0 amide bonds. The molecule has 0 aromatic carbocycles. The first kappa shape index (κ1) is 10.4. The zero-order valence-electron chi connectivity index (χ0n) is 7.88. The minimum atomic E-state index is -4.43. The van der Waals surface area contributed by atoms with Gasteiger partial charge in [-0.1, -0.05) is 0 Å². The largest absolute Gasteiger partial charge is 0.416 e. The molecule has 2 rings (SSSR count). The Morgan fingerprint density at radius 1 is 1.33 bits per heavy atom. The van der Waals surface area contributed by atoms with Crippen LogP contribution in [0.3, 0.4) is 0 Å². The third-order valence-corrected chi connectivity index (χ3v) is 2.81. The first-order chi connectivity index (χ1) is 6.93. The van der Waals surface area contributed by atoms with E-state index in [9.17, 15) is 18.3 Å². The van der Waals surface area contributed by atoms with E-state index in [1.165, 1.54) is 0 Å². The molecule has 0 atom stereocenters. The number of halogens is 3. The minimum Gasteiger partial charge on any atom is -0.385 e. The third kappa shape index (κ3) is 1.71. The molecule has 2 nitrogen and oxygen atoms in total. The summed E-state index contributed by atoms with van der Waals surface area (Å²) >= 11 is 0. The molecule has 0 bridgehead atoms. The Hall–Kier alpha value is -1.10. The molecule has 0 unspecified atom stereocenters. The van der Waals surface area contributed by atoms with Crippen LogP contribution in [0.1, 0.15) is 30.4 Å². The molecule has 1 fully saturated rings. The number of rotatable bonds is 1. The van der Waals surface area contributed by atoms with Crippen LogP contribution in [0.25, 0.3) is 0 Å². The van der Waals surface area contributed by atoms with E-state index >= 15 is 0 Å². The van der Waals surface area contributed by atoms with Crippen LogP contribution in [0.5, 0.6) is 0 Å². The summed E-state index contributed by atoms with van der Waals surface area (Å²) in [5.74, 6) is 0. The summed E-state index contributed by atoms with van der Waals surface area (Å²) in [6, 6.07) is 0.908. The highest BCUT2D eigenvalue weighted by atomic mass is 19.4. The molecule has 1 saturated carbocycles. The molecule has 0 saturated heterocycles. The van der Waals surface area contributed by atoms with Gasteiger partial charge in [-0.25, -0.2) is 0 Å². The molecule has 0 radical (unpaired) electrons. The van der Waals surface area contributed by atoms with Crippen molar-refractivity contribution in [2.24, 2.45) is 0 Å². The van der Waals surface area contributed by atoms with Crippen LogP contribution < -0.4 is 0 Å². The van der Waals surface area contributed by atoms with Crippen molar-refractivity contribution in [2.45, 2.75) is 31.0 Å². The number of pyridine rings is 1. The van der Waals surface area contributed by atoms with Crippen molar-refractivity contribution in [3.8, 4) is 0 Å². The number of aliphatic hydroxyl groups is 1. The van der Waals surface area contributed by atoms with Crippen molar-refractivity contribution in [3.05, 3.63) is 29.6 Å². The van der Waals surface area contributed by atoms with E-state index < -0.39 is 17.3 Å². The van der Waals surface area contributed by atoms with Gasteiger partial charge in [-0.15, -0.1) is 0 Å². The Bertz CT molecular complexity index is 371. The van der Waals surface area contributed by atoms with Crippen LogP contribution in [0.4, 0.5) is 13.2 Å². The van der Waals surface area contributed by atoms with Gasteiger partial charge in [-0.3, -0.25) is 4.98 Å². The second kappa shape index (κ2) is 3.20. The quantitative estimate of drug-likeness (QED) is 0.783. The van der Waals surface area contributed by atoms with Gasteiger partial charge >= 0.3 is 6.18 Å². The van der Waals surface area contributed by atoms with Gasteiger partial charge in [0.25, 0.3) is 0 Å². The van der Waals surface area contributed by atoms with Crippen molar-refractivity contribution in [1.82, 2.24) is 4.98 Å². The molecule has 0 spiro atoms. The monoisotopic (exact) mass is 217 g/mol. The van der Waals surface area contributed by atoms with Crippen molar-refractivity contribution >= 4 is 0 Å². The molecule has 15 heavy (non-hydrogen) atoms. The van der Waals surface area contributed by atoms with Crippen LogP contribution in [0.2, 0.25) is 0 Å². The van der Waals surface area contributed by atoms with Crippen LogP contribution >= 0.6 is 0 Å². The lowest BCUT2D eigenvalue weighted by atomic mass is 9.74. The molecular formula is C10H10F3NO. The first-order valence-corrected chi connectivity index (χ1v) is 4.67. The first-order valence-electron chi connectivity index (χ1n) is 4.67. The third-order valence-electron chi connectivity index (χ3n) is 2.81. The van der Waals surface area contributed by atoms with E-state index in [0.717, 1.165) is 24.9 Å². The van der Waals surface area contributed by atoms with E-state index in [1.54, 1.807) is 0 Å². The Labute approximate surface area is 84.8 Å². The molecule has 0 aliphatic heterocycles. The minimum absolute atomic E-state index is 0.0937. The number of hydrogen-bond acceptors (Lipinski definition) is 2. The number of aromatic nitrogens is 1. The zero-order valence-corrected chi connectivity index (χ0v) is 7.88. The van der Waals surface area contributed by atoms with Gasteiger partial charge < -0.3 is 5.11 Å². The standard InChI is InChI=1S/C10H10F3NO/c11-10(12,13)7-2-5-14-6-8(7)9(15)3-1-4-9/h2,5-6,15H,1,3-4H2. The molecule has 1 aliphatic carbocycles. The highest BCUT2D eigenvalue weighted by molar-refractivity contribution is 5.33. The smallest absolute Gasteiger partial charge is 0.385 e. The van der Waals surface area contributed by atoms with E-state index in [2.05, 4.69) is 4.98 Å². The lowest BCUT2D eigenvalue weighted by Gasteiger charge is -2.38. The van der Waals surface area contributed by atoms with E-state index in [0.29, 0.717) is 12.8 Å². The molecule has 1 heterocycles. The Morgan fingerprint density at radius 2 is 2.00 bits per heavy atom. The normalized spacial score (nSPS) is 19.7. The highest BCUT2D eigenvalue weighted by Crippen LogP contribution is 2.45. The lowest BCUT2D eigenvalue weighted by Crippen LogP contribution is -2.36. The summed E-state index contributed by atoms with van der Waals surface area (Å²) in [5.41, 5.74) is -2.19. The Balaban J connectivity index is 2.47. The fourth-order valence-electron chi connectivity index (χ4n) is 1.79. The van der Waals surface area contributed by atoms with Crippen LogP contribution in [-0.2, 0) is 11.8 Å². The van der Waals surface area contributed by atoms with Crippen LogP contribution in [-0.4, -0.2) is 10.1 Å². The second-order valence-corrected chi connectivity index (χ2v) is 3.80. The molecule has 1 aliphatic rings. The fraction of sp³-hybridized carbons (Fsp3) is 0.500. The SMILES string of the molecule is OC1(c2cnccc2C(F)(F)F)CCC1. The second-order valence-electron chi connectivity index (χ2n) is 3.80. The van der Waals surface area contributed by atoms with Gasteiger partial charge in [0.1, 0.15) is 0 Å². The maximum absolute atomic E-state index is 12.6. The molecule has 82 valence electrons. The fourth-order valence-corrected chi connectivity index (χ4v) is 1.79. The maximum atomic E-state index is 12.6. The summed E-state index contributed by atoms with van der Waals surface area (Å²) in [6.07, 6.45) is -0.716.